The van der Waals surface area contributed by atoms with E-state index in [2.05, 4.69) is 16.8 Å². The van der Waals surface area contributed by atoms with Gasteiger partial charge in [-0.15, -0.1) is 0 Å². The number of carbonyl (C=O) groups is 1. The fourth-order valence-corrected chi connectivity index (χ4v) is 3.48. The smallest absolute Gasteiger partial charge is 0.223 e. The van der Waals surface area contributed by atoms with E-state index in [1.165, 1.54) is 5.56 Å². The van der Waals surface area contributed by atoms with E-state index in [0.29, 0.717) is 30.4 Å². The molecular weight excluding hydrogens is 322 g/mol. The number of nitrogens with zero attached hydrogens (tertiary/aromatic N) is 1. The summed E-state index contributed by atoms with van der Waals surface area (Å²) in [5, 5.41) is 4.19. The minimum Gasteiger partial charge on any atom is -0.493 e. The highest BCUT2D eigenvalue weighted by Crippen LogP contribution is 2.31. The SMILES string of the molecule is COc1ccc(CCC(=O)N(Cc2ccsc2)C2CC2)cc1OC. The molecule has 1 heterocycles. The summed E-state index contributed by atoms with van der Waals surface area (Å²) in [6.07, 6.45) is 3.50. The Balaban J connectivity index is 1.61. The minimum absolute atomic E-state index is 0.235. The van der Waals surface area contributed by atoms with Gasteiger partial charge in [0.05, 0.1) is 14.2 Å². The summed E-state index contributed by atoms with van der Waals surface area (Å²) >= 11 is 1.68. The second-order valence-electron chi connectivity index (χ2n) is 6.07. The number of rotatable bonds is 8. The predicted molar refractivity (Wildman–Crippen MR) is 95.8 cm³/mol. The van der Waals surface area contributed by atoms with Crippen LogP contribution in [0.5, 0.6) is 11.5 Å². The molecule has 1 aromatic carbocycles. The molecule has 1 amide bonds. The van der Waals surface area contributed by atoms with Crippen molar-refractivity contribution in [1.29, 1.82) is 0 Å². The first kappa shape index (κ1) is 16.8. The van der Waals surface area contributed by atoms with Crippen molar-refractivity contribution in [2.24, 2.45) is 0 Å². The van der Waals surface area contributed by atoms with Gasteiger partial charge in [-0.2, -0.15) is 11.3 Å². The lowest BCUT2D eigenvalue weighted by Crippen LogP contribution is -2.32. The van der Waals surface area contributed by atoms with Crippen LogP contribution in [0.1, 0.15) is 30.4 Å². The highest BCUT2D eigenvalue weighted by atomic mass is 32.1. The monoisotopic (exact) mass is 345 g/mol. The number of hydrogen-bond donors (Lipinski definition) is 0. The van der Waals surface area contributed by atoms with Crippen LogP contribution in [0.15, 0.2) is 35.0 Å². The Kier molecular flexibility index (Phi) is 5.41. The third-order valence-electron chi connectivity index (χ3n) is 4.32. The van der Waals surface area contributed by atoms with E-state index in [1.54, 1.807) is 25.6 Å². The third-order valence-corrected chi connectivity index (χ3v) is 5.05. The average molecular weight is 345 g/mol. The van der Waals surface area contributed by atoms with Crippen molar-refractivity contribution >= 4 is 17.2 Å². The first-order valence-corrected chi connectivity index (χ1v) is 9.17. The van der Waals surface area contributed by atoms with Crippen LogP contribution < -0.4 is 9.47 Å². The van der Waals surface area contributed by atoms with Crippen LogP contribution in [0.2, 0.25) is 0 Å². The van der Waals surface area contributed by atoms with Crippen molar-refractivity contribution in [2.45, 2.75) is 38.3 Å². The normalized spacial score (nSPS) is 13.6. The van der Waals surface area contributed by atoms with Gasteiger partial charge < -0.3 is 14.4 Å². The molecule has 1 aliphatic carbocycles. The summed E-state index contributed by atoms with van der Waals surface area (Å²) < 4.78 is 10.6. The second-order valence-corrected chi connectivity index (χ2v) is 6.85. The van der Waals surface area contributed by atoms with Crippen LogP contribution in [0.3, 0.4) is 0 Å². The molecule has 5 heteroatoms. The summed E-state index contributed by atoms with van der Waals surface area (Å²) in [5.41, 5.74) is 2.32. The Morgan fingerprint density at radius 2 is 1.96 bits per heavy atom. The van der Waals surface area contributed by atoms with Gasteiger partial charge in [0.1, 0.15) is 0 Å². The lowest BCUT2D eigenvalue weighted by molar-refractivity contribution is -0.132. The molecule has 128 valence electrons. The molecule has 24 heavy (non-hydrogen) atoms. The molecule has 1 aliphatic rings. The van der Waals surface area contributed by atoms with E-state index in [4.69, 9.17) is 9.47 Å². The molecule has 0 radical (unpaired) electrons. The van der Waals surface area contributed by atoms with Crippen LogP contribution >= 0.6 is 11.3 Å². The topological polar surface area (TPSA) is 38.8 Å². The zero-order chi connectivity index (χ0) is 16.9. The number of ether oxygens (including phenoxy) is 2. The summed E-state index contributed by atoms with van der Waals surface area (Å²) in [5.74, 6) is 1.66. The summed E-state index contributed by atoms with van der Waals surface area (Å²) in [7, 11) is 3.25. The van der Waals surface area contributed by atoms with Gasteiger partial charge in [0.25, 0.3) is 0 Å². The number of hydrogen-bond acceptors (Lipinski definition) is 4. The van der Waals surface area contributed by atoms with E-state index in [-0.39, 0.29) is 5.91 Å². The average Bonchev–Trinajstić information content (AvgIpc) is 3.32. The van der Waals surface area contributed by atoms with Gasteiger partial charge in [0.2, 0.25) is 5.91 Å². The van der Waals surface area contributed by atoms with Crippen molar-refractivity contribution < 1.29 is 14.3 Å². The minimum atomic E-state index is 0.235. The molecule has 0 spiro atoms. The first-order chi connectivity index (χ1) is 11.7. The molecule has 0 saturated heterocycles. The highest BCUT2D eigenvalue weighted by Gasteiger charge is 2.32. The summed E-state index contributed by atoms with van der Waals surface area (Å²) in [4.78, 5) is 14.7. The van der Waals surface area contributed by atoms with Crippen molar-refractivity contribution in [3.63, 3.8) is 0 Å². The fourth-order valence-electron chi connectivity index (χ4n) is 2.82. The van der Waals surface area contributed by atoms with Crippen LogP contribution in [0.25, 0.3) is 0 Å². The second kappa shape index (κ2) is 7.71. The number of benzene rings is 1. The van der Waals surface area contributed by atoms with Crippen molar-refractivity contribution in [2.75, 3.05) is 14.2 Å². The third kappa shape index (κ3) is 4.09. The molecule has 0 aliphatic heterocycles. The van der Waals surface area contributed by atoms with E-state index < -0.39 is 0 Å². The molecule has 1 fully saturated rings. The lowest BCUT2D eigenvalue weighted by Gasteiger charge is -2.22. The summed E-state index contributed by atoms with van der Waals surface area (Å²) in [6, 6.07) is 8.37. The number of carbonyl (C=O) groups excluding carboxylic acids is 1. The number of aryl methyl sites for hydroxylation is 1. The van der Waals surface area contributed by atoms with Gasteiger partial charge >= 0.3 is 0 Å². The number of amides is 1. The zero-order valence-electron chi connectivity index (χ0n) is 14.2. The van der Waals surface area contributed by atoms with Crippen molar-refractivity contribution in [1.82, 2.24) is 4.90 Å². The Morgan fingerprint density at radius 3 is 2.58 bits per heavy atom. The molecule has 1 saturated carbocycles. The van der Waals surface area contributed by atoms with Gasteiger partial charge in [0, 0.05) is 19.0 Å². The zero-order valence-corrected chi connectivity index (χ0v) is 15.0. The molecule has 0 bridgehead atoms. The quantitative estimate of drug-likeness (QED) is 0.728. The largest absolute Gasteiger partial charge is 0.493 e. The highest BCUT2D eigenvalue weighted by molar-refractivity contribution is 7.07. The van der Waals surface area contributed by atoms with Gasteiger partial charge in [-0.05, 0) is 59.3 Å². The molecular formula is C19H23NO3S. The van der Waals surface area contributed by atoms with Crippen LogP contribution in [-0.4, -0.2) is 31.1 Å². The summed E-state index contributed by atoms with van der Waals surface area (Å²) in [6.45, 7) is 0.735. The molecule has 0 unspecified atom stereocenters. The van der Waals surface area contributed by atoms with Crippen molar-refractivity contribution in [3.8, 4) is 11.5 Å². The van der Waals surface area contributed by atoms with Crippen molar-refractivity contribution in [3.05, 3.63) is 46.2 Å². The molecule has 0 atom stereocenters. The molecule has 3 rings (SSSR count). The Hall–Kier alpha value is -2.01. The van der Waals surface area contributed by atoms with Gasteiger partial charge in [-0.1, -0.05) is 6.07 Å². The Morgan fingerprint density at radius 1 is 1.17 bits per heavy atom. The first-order valence-electron chi connectivity index (χ1n) is 8.22. The van der Waals surface area contributed by atoms with Crippen LogP contribution in [0, 0.1) is 0 Å². The van der Waals surface area contributed by atoms with E-state index in [0.717, 1.165) is 24.9 Å². The molecule has 1 aromatic heterocycles. The van der Waals surface area contributed by atoms with E-state index in [9.17, 15) is 4.79 Å². The predicted octanol–water partition coefficient (Wildman–Crippen LogP) is 3.89. The molecule has 0 N–H and O–H groups in total. The fraction of sp³-hybridized carbons (Fsp3) is 0.421. The van der Waals surface area contributed by atoms with Crippen LogP contribution in [0.4, 0.5) is 0 Å². The Bertz CT molecular complexity index is 680. The van der Waals surface area contributed by atoms with Gasteiger partial charge in [-0.3, -0.25) is 4.79 Å². The molecule has 4 nitrogen and oxygen atoms in total. The van der Waals surface area contributed by atoms with Gasteiger partial charge in [0.15, 0.2) is 11.5 Å². The van der Waals surface area contributed by atoms with Crippen LogP contribution in [-0.2, 0) is 17.8 Å². The van der Waals surface area contributed by atoms with Gasteiger partial charge in [-0.25, -0.2) is 0 Å². The standard InChI is InChI=1S/C19H23NO3S/c1-22-17-7-3-14(11-18(17)23-2)4-8-19(21)20(16-5-6-16)12-15-9-10-24-13-15/h3,7,9-11,13,16H,4-6,8,12H2,1-2H3. The maximum atomic E-state index is 12.7. The Labute approximate surface area is 147 Å². The number of methoxy groups -OCH3 is 2. The number of thiophene rings is 1. The maximum absolute atomic E-state index is 12.7. The maximum Gasteiger partial charge on any atom is 0.223 e. The molecule has 2 aromatic rings. The van der Waals surface area contributed by atoms with E-state index >= 15 is 0 Å². The van der Waals surface area contributed by atoms with E-state index in [1.807, 2.05) is 23.1 Å². The lowest BCUT2D eigenvalue weighted by atomic mass is 10.1.